The number of rotatable bonds is 4. The second-order valence-electron chi connectivity index (χ2n) is 11.1. The van der Waals surface area contributed by atoms with Gasteiger partial charge < -0.3 is 4.74 Å². The summed E-state index contributed by atoms with van der Waals surface area (Å²) < 4.78 is 8.18. The molecule has 3 aliphatic rings. The molecule has 0 amide bonds. The van der Waals surface area contributed by atoms with E-state index in [1.807, 2.05) is 24.7 Å². The minimum atomic E-state index is 0.120. The molecule has 178 valence electrons. The molecular formula is C30H32N4O. The fourth-order valence-electron chi connectivity index (χ4n) is 7.00. The molecule has 0 N–H and O–H groups in total. The molecular weight excluding hydrogens is 432 g/mol. The Bertz CT molecular complexity index is 1390. The maximum absolute atomic E-state index is 6.02. The van der Waals surface area contributed by atoms with Gasteiger partial charge in [-0.2, -0.15) is 5.10 Å². The zero-order valence-corrected chi connectivity index (χ0v) is 20.4. The highest BCUT2D eigenvalue weighted by Gasteiger charge is 2.57. The molecule has 0 radical (unpaired) electrons. The largest absolute Gasteiger partial charge is 0.370 e. The molecule has 1 aromatic carbocycles. The van der Waals surface area contributed by atoms with Crippen molar-refractivity contribution in [2.75, 3.05) is 6.61 Å². The van der Waals surface area contributed by atoms with Gasteiger partial charge in [-0.15, -0.1) is 0 Å². The summed E-state index contributed by atoms with van der Waals surface area (Å²) in [5.41, 5.74) is 8.28. The van der Waals surface area contributed by atoms with Crippen molar-refractivity contribution in [3.05, 3.63) is 89.1 Å². The monoisotopic (exact) mass is 464 g/mol. The molecule has 2 fully saturated rings. The van der Waals surface area contributed by atoms with Crippen molar-refractivity contribution in [2.45, 2.75) is 69.4 Å². The van der Waals surface area contributed by atoms with Gasteiger partial charge in [0, 0.05) is 35.1 Å². The minimum Gasteiger partial charge on any atom is -0.370 e. The quantitative estimate of drug-likeness (QED) is 0.371. The van der Waals surface area contributed by atoms with Gasteiger partial charge in [0.05, 0.1) is 30.5 Å². The Hall–Kier alpha value is -3.05. The third kappa shape index (κ3) is 3.59. The summed E-state index contributed by atoms with van der Waals surface area (Å²) in [6.45, 7) is 3.86. The molecule has 2 aliphatic carbocycles. The van der Waals surface area contributed by atoms with Crippen LogP contribution in [0.4, 0.5) is 0 Å². The van der Waals surface area contributed by atoms with E-state index in [0.717, 1.165) is 32.4 Å². The number of pyridine rings is 2. The number of aromatic nitrogens is 4. The van der Waals surface area contributed by atoms with Crippen LogP contribution in [0, 0.1) is 12.8 Å². The first kappa shape index (κ1) is 21.3. The van der Waals surface area contributed by atoms with Crippen molar-refractivity contribution in [2.24, 2.45) is 5.92 Å². The van der Waals surface area contributed by atoms with E-state index in [4.69, 9.17) is 14.8 Å². The van der Waals surface area contributed by atoms with Gasteiger partial charge >= 0.3 is 0 Å². The molecule has 1 saturated carbocycles. The van der Waals surface area contributed by atoms with Gasteiger partial charge in [0.15, 0.2) is 0 Å². The van der Waals surface area contributed by atoms with Crippen molar-refractivity contribution in [3.63, 3.8) is 0 Å². The summed E-state index contributed by atoms with van der Waals surface area (Å²) in [5, 5.41) is 6.08. The normalized spacial score (nSPS) is 27.4. The Balaban J connectivity index is 1.34. The van der Waals surface area contributed by atoms with Crippen LogP contribution in [0.15, 0.2) is 61.2 Å². The molecule has 3 atom stereocenters. The first-order valence-electron chi connectivity index (χ1n) is 13.1. The van der Waals surface area contributed by atoms with Gasteiger partial charge in [0.2, 0.25) is 0 Å². The van der Waals surface area contributed by atoms with Crippen molar-refractivity contribution in [3.8, 4) is 0 Å². The second kappa shape index (κ2) is 7.99. The Kier molecular flexibility index (Phi) is 4.85. The van der Waals surface area contributed by atoms with E-state index in [9.17, 15) is 0 Å². The lowest BCUT2D eigenvalue weighted by Crippen LogP contribution is -2.45. The molecule has 1 spiro atoms. The average Bonchev–Trinajstić information content (AvgIpc) is 3.56. The lowest BCUT2D eigenvalue weighted by atomic mass is 9.57. The number of epoxide rings is 1. The molecule has 7 rings (SSSR count). The molecule has 0 unspecified atom stereocenters. The maximum atomic E-state index is 6.02. The van der Waals surface area contributed by atoms with Crippen LogP contribution in [0.1, 0.15) is 60.1 Å². The van der Waals surface area contributed by atoms with Crippen LogP contribution in [-0.2, 0) is 29.5 Å². The number of benzene rings is 1. The van der Waals surface area contributed by atoms with Gasteiger partial charge in [0.1, 0.15) is 0 Å². The Morgan fingerprint density at radius 1 is 1.11 bits per heavy atom. The van der Waals surface area contributed by atoms with Crippen molar-refractivity contribution in [1.29, 1.82) is 0 Å². The zero-order chi connectivity index (χ0) is 23.5. The predicted octanol–water partition coefficient (Wildman–Crippen LogP) is 5.57. The molecule has 1 aliphatic heterocycles. The van der Waals surface area contributed by atoms with Gasteiger partial charge in [0.25, 0.3) is 0 Å². The van der Waals surface area contributed by atoms with Gasteiger partial charge in [-0.05, 0) is 110 Å². The summed E-state index contributed by atoms with van der Waals surface area (Å²) in [6, 6.07) is 13.4. The summed E-state index contributed by atoms with van der Waals surface area (Å²) in [4.78, 5) is 9.04. The maximum Gasteiger partial charge on any atom is 0.0919 e. The second-order valence-corrected chi connectivity index (χ2v) is 11.1. The number of ether oxygens (including phenoxy) is 1. The van der Waals surface area contributed by atoms with Crippen molar-refractivity contribution < 1.29 is 4.74 Å². The van der Waals surface area contributed by atoms with Crippen LogP contribution in [0.5, 0.6) is 0 Å². The molecule has 5 nitrogen and oxygen atoms in total. The highest BCUT2D eigenvalue weighted by molar-refractivity contribution is 5.81. The number of aryl methyl sites for hydroxylation is 2. The van der Waals surface area contributed by atoms with Crippen LogP contribution < -0.4 is 0 Å². The molecule has 1 saturated heterocycles. The molecule has 5 heteroatoms. The highest BCUT2D eigenvalue weighted by Crippen LogP contribution is 2.57. The van der Waals surface area contributed by atoms with E-state index < -0.39 is 0 Å². The highest BCUT2D eigenvalue weighted by atomic mass is 16.6. The molecule has 3 aromatic heterocycles. The molecule has 0 bridgehead atoms. The number of fused-ring (bicyclic) bond motifs is 4. The fourth-order valence-corrected chi connectivity index (χ4v) is 7.00. The van der Waals surface area contributed by atoms with E-state index in [2.05, 4.69) is 53.1 Å². The number of hydrogen-bond donors (Lipinski definition) is 0. The first-order valence-corrected chi connectivity index (χ1v) is 13.1. The van der Waals surface area contributed by atoms with Crippen LogP contribution in [0.2, 0.25) is 0 Å². The van der Waals surface area contributed by atoms with Crippen LogP contribution >= 0.6 is 0 Å². The van der Waals surface area contributed by atoms with E-state index in [0.29, 0.717) is 5.92 Å². The number of hydrogen-bond acceptors (Lipinski definition) is 4. The average molecular weight is 465 g/mol. The fraction of sp³-hybridized carbons (Fsp3) is 0.433. The Morgan fingerprint density at radius 2 is 2.06 bits per heavy atom. The third-order valence-electron chi connectivity index (χ3n) is 9.06. The summed E-state index contributed by atoms with van der Waals surface area (Å²) in [7, 11) is 0. The van der Waals surface area contributed by atoms with Crippen LogP contribution in [-0.4, -0.2) is 32.0 Å². The summed E-state index contributed by atoms with van der Waals surface area (Å²) in [5.74, 6) is 0.633. The Morgan fingerprint density at radius 3 is 2.89 bits per heavy atom. The van der Waals surface area contributed by atoms with Crippen molar-refractivity contribution in [1.82, 2.24) is 19.7 Å². The lowest BCUT2D eigenvalue weighted by Gasteiger charge is -2.47. The Labute approximate surface area is 206 Å². The zero-order valence-electron chi connectivity index (χ0n) is 20.4. The molecule has 4 heterocycles. The van der Waals surface area contributed by atoms with Crippen molar-refractivity contribution >= 4 is 10.9 Å². The third-order valence-corrected chi connectivity index (χ3v) is 9.06. The van der Waals surface area contributed by atoms with E-state index in [1.165, 1.54) is 59.0 Å². The topological polar surface area (TPSA) is 56.1 Å². The lowest BCUT2D eigenvalue weighted by molar-refractivity contribution is 0.0991. The van der Waals surface area contributed by atoms with Crippen LogP contribution in [0.25, 0.3) is 10.9 Å². The van der Waals surface area contributed by atoms with Crippen LogP contribution in [0.3, 0.4) is 0 Å². The predicted molar refractivity (Wildman–Crippen MR) is 136 cm³/mol. The smallest absolute Gasteiger partial charge is 0.0919 e. The standard InChI is InChI=1S/C30H32N4O/c1-21-17-31-12-8-23(21)19-34-28-14-22-5-4-6-25-15-29(20-35-29)9-10-30(25,16-26-7-2-3-11-32-26)27(22)13-24(28)18-33-34/h2-3,7-8,11-14,17-18,25H,4-6,9-10,15-16,19-20H2,1H3/t25-,29+,30-/m0/s1. The van der Waals surface area contributed by atoms with E-state index in [1.54, 1.807) is 5.56 Å². The molecule has 4 aromatic rings. The first-order chi connectivity index (χ1) is 17.1. The van der Waals surface area contributed by atoms with Gasteiger partial charge in [-0.25, -0.2) is 0 Å². The van der Waals surface area contributed by atoms with Gasteiger partial charge in [-0.1, -0.05) is 6.07 Å². The SMILES string of the molecule is Cc1cnccc1Cn1ncc2cc3c(cc21)CCC[C@H]1C[C@]2(CC[C@@]31Cc1ccccn1)CO2. The summed E-state index contributed by atoms with van der Waals surface area (Å²) in [6.07, 6.45) is 16.0. The van der Waals surface area contributed by atoms with E-state index in [-0.39, 0.29) is 11.0 Å². The van der Waals surface area contributed by atoms with Gasteiger partial charge in [-0.3, -0.25) is 14.6 Å². The molecule has 35 heavy (non-hydrogen) atoms. The number of nitrogens with zero attached hydrogens (tertiary/aromatic N) is 4. The minimum absolute atomic E-state index is 0.120. The van der Waals surface area contributed by atoms with E-state index >= 15 is 0 Å². The summed E-state index contributed by atoms with van der Waals surface area (Å²) >= 11 is 0.